The highest BCUT2D eigenvalue weighted by molar-refractivity contribution is 6.30. The first-order chi connectivity index (χ1) is 27.8. The fourth-order valence-corrected chi connectivity index (χ4v) is 8.86. The Morgan fingerprint density at radius 1 is 0.500 bits per heavy atom. The molecule has 1 atom stereocenters. The van der Waals surface area contributed by atoms with Crippen molar-refractivity contribution in [2.75, 3.05) is 0 Å². The van der Waals surface area contributed by atoms with Gasteiger partial charge in [0.1, 0.15) is 11.2 Å². The lowest BCUT2D eigenvalue weighted by Crippen LogP contribution is -2.20. The van der Waals surface area contributed by atoms with Crippen molar-refractivity contribution in [3.05, 3.63) is 211 Å². The van der Waals surface area contributed by atoms with Gasteiger partial charge in [0.25, 0.3) is 0 Å². The Morgan fingerprint density at radius 3 is 1.91 bits per heavy atom. The molecule has 56 heavy (non-hydrogen) atoms. The van der Waals surface area contributed by atoms with E-state index >= 15 is 0 Å². The third kappa shape index (κ3) is 4.92. The summed E-state index contributed by atoms with van der Waals surface area (Å²) in [6.07, 6.45) is 2.23. The number of aromatic nitrogens is 2. The number of hydrazine groups is 1. The average molecular weight is 721 g/mol. The van der Waals surface area contributed by atoms with E-state index in [0.29, 0.717) is 0 Å². The van der Waals surface area contributed by atoms with Crippen LogP contribution in [-0.4, -0.2) is 9.13 Å². The van der Waals surface area contributed by atoms with Crippen LogP contribution in [0.25, 0.3) is 82.6 Å². The predicted molar refractivity (Wildman–Crippen MR) is 232 cm³/mol. The zero-order valence-electron chi connectivity index (χ0n) is 30.4. The number of nitrogens with one attached hydrogen (secondary N) is 1. The first-order valence-corrected chi connectivity index (χ1v) is 19.0. The third-order valence-electron chi connectivity index (χ3n) is 11.3. The summed E-state index contributed by atoms with van der Waals surface area (Å²) in [7, 11) is 0. The highest BCUT2D eigenvalue weighted by Crippen LogP contribution is 2.45. The molecule has 3 aromatic heterocycles. The van der Waals surface area contributed by atoms with Crippen molar-refractivity contribution in [2.24, 2.45) is 5.84 Å². The Hall–Kier alpha value is -7.34. The zero-order chi connectivity index (χ0) is 37.2. The second kappa shape index (κ2) is 12.9. The van der Waals surface area contributed by atoms with E-state index in [4.69, 9.17) is 10.3 Å². The Kier molecular flexibility index (Phi) is 7.40. The highest BCUT2D eigenvalue weighted by Gasteiger charge is 2.24. The number of fused-ring (bicyclic) bond motifs is 11. The van der Waals surface area contributed by atoms with E-state index in [1.165, 1.54) is 16.3 Å². The molecule has 0 radical (unpaired) electrons. The smallest absolute Gasteiger partial charge is 0.145 e. The first-order valence-electron chi connectivity index (χ1n) is 19.0. The number of furan rings is 1. The molecule has 11 rings (SSSR count). The van der Waals surface area contributed by atoms with Crippen molar-refractivity contribution in [1.82, 2.24) is 14.6 Å². The van der Waals surface area contributed by atoms with Crippen LogP contribution < -0.4 is 11.3 Å². The fourth-order valence-electron chi connectivity index (χ4n) is 8.86. The molecular weight excluding hydrogens is 685 g/mol. The minimum atomic E-state index is -0.0611. The summed E-state index contributed by atoms with van der Waals surface area (Å²) in [5.41, 5.74) is 15.8. The van der Waals surface area contributed by atoms with Crippen LogP contribution in [0.5, 0.6) is 0 Å². The van der Waals surface area contributed by atoms with Crippen molar-refractivity contribution < 1.29 is 4.42 Å². The number of hydrogen-bond donors (Lipinski definition) is 2. The van der Waals surface area contributed by atoms with Gasteiger partial charge in [0.15, 0.2) is 0 Å². The molecule has 0 bridgehead atoms. The van der Waals surface area contributed by atoms with Gasteiger partial charge in [-0.25, -0.2) is 0 Å². The molecule has 0 fully saturated rings. The standard InChI is InChI=1S/C51H36N4O/c52-53-43(34-17-6-2-7-18-34)32-42(33-15-4-1-5-16-33)35-19-14-22-37(31-35)54-44-25-12-10-24-40(44)48-45(54)30-28-41-49-46(55(50(41)48)36-20-8-3-9-21-36)29-27-39-38-23-11-13-26-47(38)56-51(39)49/h1-32,42,53H,52H2/b43-32-. The third-order valence-corrected chi connectivity index (χ3v) is 11.3. The number of allylic oxidation sites excluding steroid dienone is 1. The number of para-hydroxylation sites is 3. The Bertz CT molecular complexity index is 3280. The van der Waals surface area contributed by atoms with Crippen molar-refractivity contribution >= 4 is 71.2 Å². The molecule has 5 heteroatoms. The van der Waals surface area contributed by atoms with Gasteiger partial charge in [-0.05, 0) is 83.4 Å². The molecular formula is C51H36N4O. The van der Waals surface area contributed by atoms with Crippen molar-refractivity contribution in [1.29, 1.82) is 0 Å². The van der Waals surface area contributed by atoms with Gasteiger partial charge in [0, 0.05) is 44.2 Å². The molecule has 0 amide bonds. The van der Waals surface area contributed by atoms with Crippen LogP contribution in [0.1, 0.15) is 22.6 Å². The van der Waals surface area contributed by atoms with Gasteiger partial charge in [-0.15, -0.1) is 0 Å². The normalized spacial score (nSPS) is 12.8. The van der Waals surface area contributed by atoms with E-state index in [-0.39, 0.29) is 5.92 Å². The van der Waals surface area contributed by atoms with Gasteiger partial charge >= 0.3 is 0 Å². The fraction of sp³-hybridized carbons (Fsp3) is 0.0196. The molecule has 5 nitrogen and oxygen atoms in total. The van der Waals surface area contributed by atoms with Gasteiger partial charge in [-0.1, -0.05) is 127 Å². The van der Waals surface area contributed by atoms with E-state index in [1.807, 2.05) is 24.3 Å². The summed E-state index contributed by atoms with van der Waals surface area (Å²) in [5.74, 6) is 6.13. The monoisotopic (exact) mass is 720 g/mol. The molecule has 266 valence electrons. The SMILES string of the molecule is NN/C(=C\C(c1ccccc1)c1cccc(-n2c3ccccc3c3c2ccc2c4c5oc6ccccc6c5ccc4n(-c4ccccc4)c23)c1)c1ccccc1. The zero-order valence-corrected chi connectivity index (χ0v) is 30.4. The molecule has 0 aliphatic heterocycles. The van der Waals surface area contributed by atoms with E-state index < -0.39 is 0 Å². The highest BCUT2D eigenvalue weighted by atomic mass is 16.3. The van der Waals surface area contributed by atoms with Crippen molar-refractivity contribution in [2.45, 2.75) is 5.92 Å². The van der Waals surface area contributed by atoms with Gasteiger partial charge in [-0.3, -0.25) is 5.84 Å². The molecule has 8 aromatic carbocycles. The minimum absolute atomic E-state index is 0.0611. The molecule has 0 aliphatic rings. The molecule has 11 aromatic rings. The van der Waals surface area contributed by atoms with Gasteiger partial charge in [-0.2, -0.15) is 0 Å². The van der Waals surface area contributed by atoms with Crippen LogP contribution in [0.15, 0.2) is 199 Å². The largest absolute Gasteiger partial charge is 0.455 e. The molecule has 0 saturated carbocycles. The molecule has 0 saturated heterocycles. The van der Waals surface area contributed by atoms with Crippen LogP contribution in [-0.2, 0) is 0 Å². The average Bonchev–Trinajstić information content (AvgIpc) is 3.93. The Morgan fingerprint density at radius 2 is 1.12 bits per heavy atom. The number of benzene rings is 8. The van der Waals surface area contributed by atoms with Crippen molar-refractivity contribution in [3.63, 3.8) is 0 Å². The molecule has 0 spiro atoms. The van der Waals surface area contributed by atoms with E-state index in [0.717, 1.165) is 83.0 Å². The maximum absolute atomic E-state index is 6.70. The molecule has 0 aliphatic carbocycles. The van der Waals surface area contributed by atoms with Crippen LogP contribution in [0.4, 0.5) is 0 Å². The van der Waals surface area contributed by atoms with Crippen LogP contribution >= 0.6 is 0 Å². The number of nitrogens with zero attached hydrogens (tertiary/aromatic N) is 2. The summed E-state index contributed by atoms with van der Waals surface area (Å²) in [4.78, 5) is 0. The van der Waals surface area contributed by atoms with Crippen LogP contribution in [0.2, 0.25) is 0 Å². The first kappa shape index (κ1) is 32.1. The maximum atomic E-state index is 6.70. The van der Waals surface area contributed by atoms with Gasteiger partial charge in [0.05, 0.1) is 33.2 Å². The number of rotatable bonds is 7. The van der Waals surface area contributed by atoms with Crippen LogP contribution in [0, 0.1) is 0 Å². The minimum Gasteiger partial charge on any atom is -0.455 e. The number of nitrogens with two attached hydrogens (primary N) is 1. The second-order valence-electron chi connectivity index (χ2n) is 14.4. The summed E-state index contributed by atoms with van der Waals surface area (Å²) < 4.78 is 11.5. The van der Waals surface area contributed by atoms with Gasteiger partial charge in [0.2, 0.25) is 0 Å². The van der Waals surface area contributed by atoms with E-state index in [1.54, 1.807) is 0 Å². The second-order valence-corrected chi connectivity index (χ2v) is 14.4. The lowest BCUT2D eigenvalue weighted by molar-refractivity contribution is 0.673. The maximum Gasteiger partial charge on any atom is 0.145 e. The molecule has 3 N–H and O–H groups in total. The Balaban J connectivity index is 1.20. The van der Waals surface area contributed by atoms with E-state index in [2.05, 4.69) is 184 Å². The summed E-state index contributed by atoms with van der Waals surface area (Å²) in [5, 5.41) is 6.93. The van der Waals surface area contributed by atoms with Crippen LogP contribution in [0.3, 0.4) is 0 Å². The number of hydrogen-bond acceptors (Lipinski definition) is 3. The topological polar surface area (TPSA) is 61.0 Å². The lowest BCUT2D eigenvalue weighted by atomic mass is 9.89. The summed E-state index contributed by atoms with van der Waals surface area (Å²) in [6.45, 7) is 0. The quantitative estimate of drug-likeness (QED) is 0.127. The lowest BCUT2D eigenvalue weighted by Gasteiger charge is -2.19. The molecule has 3 heterocycles. The summed E-state index contributed by atoms with van der Waals surface area (Å²) in [6, 6.07) is 66.7. The van der Waals surface area contributed by atoms with Gasteiger partial charge < -0.3 is 19.0 Å². The predicted octanol–water partition coefficient (Wildman–Crippen LogP) is 12.4. The molecule has 1 unspecified atom stereocenters. The van der Waals surface area contributed by atoms with Crippen molar-refractivity contribution in [3.8, 4) is 11.4 Å². The Labute approximate surface area is 323 Å². The summed E-state index contributed by atoms with van der Waals surface area (Å²) >= 11 is 0. The van der Waals surface area contributed by atoms with E-state index in [9.17, 15) is 0 Å².